The summed E-state index contributed by atoms with van der Waals surface area (Å²) in [6, 6.07) is 0. The molecule has 0 aromatic carbocycles. The molecule has 1 amide bonds. The van der Waals surface area contributed by atoms with E-state index in [4.69, 9.17) is 10.5 Å². The zero-order valence-corrected chi connectivity index (χ0v) is 12.7. The van der Waals surface area contributed by atoms with E-state index in [2.05, 4.69) is 22.9 Å². The Kier molecular flexibility index (Phi) is 9.44. The molecule has 0 spiro atoms. The average Bonchev–Trinajstić information content (AvgIpc) is 2.51. The number of carbonyl (C=O) groups is 1. The zero-order valence-electron chi connectivity index (χ0n) is 12.7. The maximum Gasteiger partial charge on any atom is 0.224 e. The Morgan fingerprint density at radius 1 is 1.33 bits per heavy atom. The second-order valence-electron chi connectivity index (χ2n) is 4.96. The van der Waals surface area contributed by atoms with Crippen molar-refractivity contribution in [1.29, 1.82) is 0 Å². The molecule has 0 aromatic rings. The number of morpholine rings is 1. The number of nitrogens with zero attached hydrogens (tertiary/aromatic N) is 1. The molecule has 21 heavy (non-hydrogen) atoms. The van der Waals surface area contributed by atoms with Gasteiger partial charge in [-0.1, -0.05) is 18.7 Å². The highest BCUT2D eigenvalue weighted by atomic mass is 16.5. The van der Waals surface area contributed by atoms with Crippen LogP contribution in [0.5, 0.6) is 0 Å². The normalized spacial score (nSPS) is 17.1. The highest BCUT2D eigenvalue weighted by molar-refractivity contribution is 5.78. The zero-order chi connectivity index (χ0) is 15.3. The first-order valence-electron chi connectivity index (χ1n) is 7.55. The van der Waals surface area contributed by atoms with Crippen LogP contribution in [0, 0.1) is 0 Å². The van der Waals surface area contributed by atoms with Crippen LogP contribution in [0.1, 0.15) is 19.3 Å². The lowest BCUT2D eigenvalue weighted by molar-refractivity contribution is -0.120. The molecule has 0 saturated carbocycles. The molecule has 1 saturated heterocycles. The fourth-order valence-electron chi connectivity index (χ4n) is 1.98. The number of ether oxygens (including phenoxy) is 1. The van der Waals surface area contributed by atoms with Gasteiger partial charge in [0.05, 0.1) is 13.2 Å². The van der Waals surface area contributed by atoms with Gasteiger partial charge in [0, 0.05) is 31.8 Å². The van der Waals surface area contributed by atoms with Crippen molar-refractivity contribution in [3.63, 3.8) is 0 Å². The first-order valence-corrected chi connectivity index (χ1v) is 7.55. The Balaban J connectivity index is 2.29. The van der Waals surface area contributed by atoms with Crippen LogP contribution in [0.3, 0.4) is 0 Å². The van der Waals surface area contributed by atoms with Crippen molar-refractivity contribution in [2.45, 2.75) is 19.3 Å². The van der Waals surface area contributed by atoms with Crippen LogP contribution >= 0.6 is 0 Å². The summed E-state index contributed by atoms with van der Waals surface area (Å²) in [6.45, 7) is 8.80. The minimum absolute atomic E-state index is 0.0104. The molecular weight excluding hydrogens is 266 g/mol. The van der Waals surface area contributed by atoms with Crippen molar-refractivity contribution in [3.05, 3.63) is 36.6 Å². The quantitative estimate of drug-likeness (QED) is 0.495. The van der Waals surface area contributed by atoms with Gasteiger partial charge in [-0.15, -0.1) is 0 Å². The topological polar surface area (TPSA) is 67.6 Å². The average molecular weight is 293 g/mol. The number of unbranched alkanes of at least 4 members (excludes halogenated alkanes) is 1. The highest BCUT2D eigenvalue weighted by Crippen LogP contribution is 1.99. The van der Waals surface area contributed by atoms with E-state index >= 15 is 0 Å². The molecule has 0 unspecified atom stereocenters. The van der Waals surface area contributed by atoms with Gasteiger partial charge in [0.1, 0.15) is 0 Å². The van der Waals surface area contributed by atoms with Crippen LogP contribution < -0.4 is 11.1 Å². The summed E-state index contributed by atoms with van der Waals surface area (Å²) >= 11 is 0. The summed E-state index contributed by atoms with van der Waals surface area (Å²) in [7, 11) is 0. The Bertz CT molecular complexity index is 372. The third kappa shape index (κ3) is 8.45. The number of nitrogens with two attached hydrogens (primary N) is 1. The van der Waals surface area contributed by atoms with Crippen molar-refractivity contribution in [3.8, 4) is 0 Å². The fraction of sp³-hybridized carbons (Fsp3) is 0.562. The van der Waals surface area contributed by atoms with Crippen molar-refractivity contribution < 1.29 is 9.53 Å². The van der Waals surface area contributed by atoms with Gasteiger partial charge in [-0.2, -0.15) is 0 Å². The molecule has 3 N–H and O–H groups in total. The molecule has 0 aliphatic carbocycles. The van der Waals surface area contributed by atoms with Gasteiger partial charge >= 0.3 is 0 Å². The van der Waals surface area contributed by atoms with E-state index in [0.717, 1.165) is 51.4 Å². The molecular formula is C16H27N3O2. The molecule has 0 radical (unpaired) electrons. The Labute approximate surface area is 127 Å². The molecule has 5 nitrogen and oxygen atoms in total. The van der Waals surface area contributed by atoms with E-state index in [9.17, 15) is 4.79 Å². The predicted octanol–water partition coefficient (Wildman–Crippen LogP) is 1.19. The minimum atomic E-state index is 0.0104. The van der Waals surface area contributed by atoms with Gasteiger partial charge in [-0.3, -0.25) is 9.69 Å². The summed E-state index contributed by atoms with van der Waals surface area (Å²) in [6.07, 6.45) is 9.75. The smallest absolute Gasteiger partial charge is 0.224 e. The molecule has 1 aliphatic rings. The molecule has 0 bridgehead atoms. The van der Waals surface area contributed by atoms with E-state index in [1.807, 2.05) is 12.2 Å². The third-order valence-electron chi connectivity index (χ3n) is 3.24. The number of carbonyl (C=O) groups excluding carboxylic acids is 1. The van der Waals surface area contributed by atoms with Gasteiger partial charge in [0.15, 0.2) is 0 Å². The predicted molar refractivity (Wildman–Crippen MR) is 85.7 cm³/mol. The molecule has 0 aromatic heterocycles. The van der Waals surface area contributed by atoms with Crippen LogP contribution in [0.2, 0.25) is 0 Å². The summed E-state index contributed by atoms with van der Waals surface area (Å²) < 4.78 is 5.30. The van der Waals surface area contributed by atoms with E-state index in [1.165, 1.54) is 0 Å². The molecule has 1 fully saturated rings. The van der Waals surface area contributed by atoms with E-state index in [1.54, 1.807) is 6.08 Å². The first-order chi connectivity index (χ1) is 10.3. The summed E-state index contributed by atoms with van der Waals surface area (Å²) in [5.74, 6) is 0.0104. The van der Waals surface area contributed by atoms with Gasteiger partial charge in [-0.25, -0.2) is 0 Å². The van der Waals surface area contributed by atoms with Gasteiger partial charge in [0.25, 0.3) is 0 Å². The van der Waals surface area contributed by atoms with Gasteiger partial charge in [0.2, 0.25) is 5.91 Å². The largest absolute Gasteiger partial charge is 0.379 e. The van der Waals surface area contributed by atoms with Crippen LogP contribution in [-0.2, 0) is 9.53 Å². The standard InChI is InChI=1S/C16H27N3O2/c1-2-15(18-16(20)8-3-5-9-17)7-4-6-10-19-11-13-21-14-12-19/h2,4,6-7H,1,3,5,8-14,17H2,(H,18,20)/b6-4-,15-7+. The number of rotatable bonds is 9. The molecule has 1 rings (SSSR count). The van der Waals surface area contributed by atoms with Crippen molar-refractivity contribution in [1.82, 2.24) is 10.2 Å². The van der Waals surface area contributed by atoms with Crippen LogP contribution in [0.25, 0.3) is 0 Å². The molecule has 1 aliphatic heterocycles. The Morgan fingerprint density at radius 3 is 2.76 bits per heavy atom. The minimum Gasteiger partial charge on any atom is -0.379 e. The summed E-state index contributed by atoms with van der Waals surface area (Å²) in [5, 5.41) is 2.84. The molecule has 1 heterocycles. The fourth-order valence-corrected chi connectivity index (χ4v) is 1.98. The van der Waals surface area contributed by atoms with Crippen LogP contribution in [0.15, 0.2) is 36.6 Å². The van der Waals surface area contributed by atoms with Crippen LogP contribution in [0.4, 0.5) is 0 Å². The van der Waals surface area contributed by atoms with Crippen molar-refractivity contribution >= 4 is 5.91 Å². The Hall–Kier alpha value is -1.43. The number of nitrogens with one attached hydrogen (secondary N) is 1. The number of amides is 1. The van der Waals surface area contributed by atoms with Crippen molar-refractivity contribution in [2.24, 2.45) is 5.73 Å². The Morgan fingerprint density at radius 2 is 2.10 bits per heavy atom. The lowest BCUT2D eigenvalue weighted by Crippen LogP contribution is -2.36. The first kappa shape index (κ1) is 17.6. The van der Waals surface area contributed by atoms with Crippen LogP contribution in [-0.4, -0.2) is 50.2 Å². The SMILES string of the molecule is C=C/C(=C\C=C/CN1CCOCC1)NC(=O)CCCCN. The third-order valence-corrected chi connectivity index (χ3v) is 3.24. The molecule has 0 atom stereocenters. The maximum absolute atomic E-state index is 11.7. The summed E-state index contributed by atoms with van der Waals surface area (Å²) in [5.41, 5.74) is 6.13. The molecule has 118 valence electrons. The number of allylic oxidation sites excluding steroid dienone is 3. The second-order valence-corrected chi connectivity index (χ2v) is 4.96. The van der Waals surface area contributed by atoms with E-state index < -0.39 is 0 Å². The van der Waals surface area contributed by atoms with E-state index in [0.29, 0.717) is 13.0 Å². The highest BCUT2D eigenvalue weighted by Gasteiger charge is 2.07. The second kappa shape index (κ2) is 11.3. The van der Waals surface area contributed by atoms with Crippen molar-refractivity contribution in [2.75, 3.05) is 39.4 Å². The molecule has 5 heteroatoms. The van der Waals surface area contributed by atoms with Gasteiger partial charge < -0.3 is 15.8 Å². The number of hydrogen-bond acceptors (Lipinski definition) is 4. The van der Waals surface area contributed by atoms with E-state index in [-0.39, 0.29) is 5.91 Å². The maximum atomic E-state index is 11.7. The monoisotopic (exact) mass is 293 g/mol. The number of hydrogen-bond donors (Lipinski definition) is 2. The lowest BCUT2D eigenvalue weighted by Gasteiger charge is -2.24. The lowest BCUT2D eigenvalue weighted by atomic mass is 10.2. The van der Waals surface area contributed by atoms with Gasteiger partial charge in [-0.05, 0) is 31.5 Å². The summed E-state index contributed by atoms with van der Waals surface area (Å²) in [4.78, 5) is 14.0.